The molecule has 3 aromatic carbocycles. The zero-order chi connectivity index (χ0) is 24.2. The minimum atomic E-state index is -0.675. The molecule has 0 N–H and O–H groups in total. The predicted molar refractivity (Wildman–Crippen MR) is 127 cm³/mol. The summed E-state index contributed by atoms with van der Waals surface area (Å²) in [6.45, 7) is 2.35. The molecule has 3 aromatic rings. The largest absolute Gasteiger partial charge is 0.493 e. The van der Waals surface area contributed by atoms with Crippen LogP contribution in [0.4, 0.5) is 5.69 Å². The lowest BCUT2D eigenvalue weighted by Crippen LogP contribution is -2.06. The van der Waals surface area contributed by atoms with Gasteiger partial charge in [-0.05, 0) is 48.4 Å². The van der Waals surface area contributed by atoms with Crippen LogP contribution in [0.15, 0.2) is 71.4 Å². The molecule has 0 radical (unpaired) electrons. The number of nitro groups is 1. The Balaban J connectivity index is 1.60. The third-order valence-electron chi connectivity index (χ3n) is 4.98. The summed E-state index contributed by atoms with van der Waals surface area (Å²) in [7, 11) is 1.54. The fourth-order valence-corrected chi connectivity index (χ4v) is 3.52. The van der Waals surface area contributed by atoms with Gasteiger partial charge in [-0.1, -0.05) is 47.5 Å². The normalized spacial score (nSPS) is 14.0. The molecule has 0 spiro atoms. The number of carbonyl (C=O) groups excluding carboxylic acids is 1. The number of carbonyl (C=O) groups is 1. The average Bonchev–Trinajstić information content (AvgIpc) is 3.18. The van der Waals surface area contributed by atoms with Crippen LogP contribution in [0.25, 0.3) is 6.08 Å². The number of hydrogen-bond donors (Lipinski definition) is 0. The molecule has 0 unspecified atom stereocenters. The Labute approximate surface area is 200 Å². The van der Waals surface area contributed by atoms with Gasteiger partial charge in [0.1, 0.15) is 11.6 Å². The maximum Gasteiger partial charge on any atom is 0.363 e. The van der Waals surface area contributed by atoms with Crippen LogP contribution in [-0.4, -0.2) is 23.9 Å². The second kappa shape index (κ2) is 9.76. The second-order valence-electron chi connectivity index (χ2n) is 7.45. The van der Waals surface area contributed by atoms with Crippen molar-refractivity contribution in [2.24, 2.45) is 4.99 Å². The highest BCUT2D eigenvalue weighted by atomic mass is 35.5. The second-order valence-corrected chi connectivity index (χ2v) is 7.85. The molecular weight excluding hydrogens is 460 g/mol. The summed E-state index contributed by atoms with van der Waals surface area (Å²) in [5.41, 5.74) is 2.79. The summed E-state index contributed by atoms with van der Waals surface area (Å²) in [6, 6.07) is 17.2. The van der Waals surface area contributed by atoms with Crippen LogP contribution in [0.3, 0.4) is 0 Å². The van der Waals surface area contributed by atoms with Crippen molar-refractivity contribution in [3.63, 3.8) is 0 Å². The first kappa shape index (κ1) is 23.0. The van der Waals surface area contributed by atoms with E-state index < -0.39 is 10.9 Å². The number of cyclic esters (lactones) is 1. The van der Waals surface area contributed by atoms with Gasteiger partial charge in [0.2, 0.25) is 5.90 Å². The third kappa shape index (κ3) is 5.07. The summed E-state index contributed by atoms with van der Waals surface area (Å²) >= 11 is 5.85. The molecule has 1 aliphatic rings. The summed E-state index contributed by atoms with van der Waals surface area (Å²) in [5.74, 6) is 0.329. The minimum Gasteiger partial charge on any atom is -0.493 e. The van der Waals surface area contributed by atoms with Crippen LogP contribution in [0.5, 0.6) is 11.5 Å². The topological polar surface area (TPSA) is 100 Å². The minimum absolute atomic E-state index is 0.0223. The maximum atomic E-state index is 12.4. The number of nitro benzene ring substituents is 1. The molecule has 4 rings (SSSR count). The number of hydrogen-bond acceptors (Lipinski definition) is 7. The Morgan fingerprint density at radius 3 is 2.68 bits per heavy atom. The van der Waals surface area contributed by atoms with Crippen LogP contribution in [-0.2, 0) is 16.1 Å². The van der Waals surface area contributed by atoms with E-state index in [1.54, 1.807) is 31.4 Å². The number of esters is 1. The molecule has 0 aromatic heterocycles. The fraction of sp³-hybridized carbons (Fsp3) is 0.120. The van der Waals surface area contributed by atoms with Gasteiger partial charge in [-0.2, -0.15) is 0 Å². The molecule has 172 valence electrons. The zero-order valence-corrected chi connectivity index (χ0v) is 19.0. The van der Waals surface area contributed by atoms with Crippen LogP contribution in [0.2, 0.25) is 5.02 Å². The van der Waals surface area contributed by atoms with Crippen molar-refractivity contribution in [2.45, 2.75) is 13.5 Å². The third-order valence-corrected chi connectivity index (χ3v) is 5.30. The van der Waals surface area contributed by atoms with Crippen molar-refractivity contribution in [2.75, 3.05) is 7.11 Å². The predicted octanol–water partition coefficient (Wildman–Crippen LogP) is 5.49. The monoisotopic (exact) mass is 478 g/mol. The standard InChI is InChI=1S/C25H19ClN2O6/c1-15-4-3-5-17(10-15)14-33-23-12-16(6-9-22(23)32-2)11-20-25(29)34-24(27-20)18-7-8-19(26)21(13-18)28(30)31/h3-13H,14H2,1-2H3. The summed E-state index contributed by atoms with van der Waals surface area (Å²) in [6.07, 6.45) is 1.54. The van der Waals surface area contributed by atoms with E-state index in [4.69, 9.17) is 25.8 Å². The quantitative estimate of drug-likeness (QED) is 0.193. The van der Waals surface area contributed by atoms with Crippen LogP contribution >= 0.6 is 11.6 Å². The van der Waals surface area contributed by atoms with Gasteiger partial charge < -0.3 is 14.2 Å². The summed E-state index contributed by atoms with van der Waals surface area (Å²) in [5, 5.41) is 11.1. The molecule has 0 bridgehead atoms. The molecule has 1 aliphatic heterocycles. The smallest absolute Gasteiger partial charge is 0.363 e. The van der Waals surface area contributed by atoms with E-state index in [0.717, 1.165) is 11.1 Å². The Morgan fingerprint density at radius 2 is 1.94 bits per heavy atom. The summed E-state index contributed by atoms with van der Waals surface area (Å²) in [4.78, 5) is 27.1. The van der Waals surface area contributed by atoms with Crippen LogP contribution in [0, 0.1) is 17.0 Å². The lowest BCUT2D eigenvalue weighted by molar-refractivity contribution is -0.384. The van der Waals surface area contributed by atoms with Crippen molar-refractivity contribution in [1.82, 2.24) is 0 Å². The SMILES string of the molecule is COc1ccc(C=C2N=C(c3ccc(Cl)c([N+](=O)[O-])c3)OC2=O)cc1OCc1cccc(C)c1. The molecule has 34 heavy (non-hydrogen) atoms. The molecule has 0 fully saturated rings. The number of aryl methyl sites for hydroxylation is 1. The van der Waals surface area contributed by atoms with Crippen molar-refractivity contribution in [3.8, 4) is 11.5 Å². The van der Waals surface area contributed by atoms with Gasteiger partial charge in [0.25, 0.3) is 5.69 Å². The fourth-order valence-electron chi connectivity index (χ4n) is 3.33. The Hall–Kier alpha value is -4.17. The molecule has 0 aliphatic carbocycles. The summed E-state index contributed by atoms with van der Waals surface area (Å²) < 4.78 is 16.6. The van der Waals surface area contributed by atoms with E-state index in [0.29, 0.717) is 23.7 Å². The number of nitrogens with zero attached hydrogens (tertiary/aromatic N) is 2. The first-order chi connectivity index (χ1) is 16.3. The molecule has 9 heteroatoms. The number of methoxy groups -OCH3 is 1. The van der Waals surface area contributed by atoms with Crippen molar-refractivity contribution < 1.29 is 23.9 Å². The molecule has 0 saturated heterocycles. The highest BCUT2D eigenvalue weighted by Crippen LogP contribution is 2.31. The first-order valence-electron chi connectivity index (χ1n) is 10.2. The number of aliphatic imine (C=N–C) groups is 1. The van der Waals surface area contributed by atoms with Crippen molar-refractivity contribution in [3.05, 3.63) is 104 Å². The van der Waals surface area contributed by atoms with E-state index in [-0.39, 0.29) is 27.9 Å². The lowest BCUT2D eigenvalue weighted by atomic mass is 10.1. The van der Waals surface area contributed by atoms with E-state index in [2.05, 4.69) is 4.99 Å². The molecule has 0 saturated carbocycles. The molecule has 0 atom stereocenters. The van der Waals surface area contributed by atoms with Crippen LogP contribution in [0.1, 0.15) is 22.3 Å². The number of benzene rings is 3. The lowest BCUT2D eigenvalue weighted by Gasteiger charge is -2.12. The van der Waals surface area contributed by atoms with Gasteiger partial charge in [0.05, 0.1) is 12.0 Å². The van der Waals surface area contributed by atoms with Gasteiger partial charge >= 0.3 is 5.97 Å². The molecule has 8 nitrogen and oxygen atoms in total. The number of rotatable bonds is 7. The van der Waals surface area contributed by atoms with Gasteiger partial charge in [0, 0.05) is 11.6 Å². The van der Waals surface area contributed by atoms with Gasteiger partial charge in [0.15, 0.2) is 17.2 Å². The highest BCUT2D eigenvalue weighted by molar-refractivity contribution is 6.32. The van der Waals surface area contributed by atoms with Crippen molar-refractivity contribution in [1.29, 1.82) is 0 Å². The molecule has 1 heterocycles. The number of halogens is 1. The first-order valence-corrected chi connectivity index (χ1v) is 10.5. The average molecular weight is 479 g/mol. The number of ether oxygens (including phenoxy) is 3. The van der Waals surface area contributed by atoms with Gasteiger partial charge in [-0.25, -0.2) is 9.79 Å². The molecule has 0 amide bonds. The maximum absolute atomic E-state index is 12.4. The van der Waals surface area contributed by atoms with E-state index in [9.17, 15) is 14.9 Å². The highest BCUT2D eigenvalue weighted by Gasteiger charge is 2.26. The van der Waals surface area contributed by atoms with E-state index in [1.807, 2.05) is 31.2 Å². The zero-order valence-electron chi connectivity index (χ0n) is 18.3. The Bertz CT molecular complexity index is 1350. The van der Waals surface area contributed by atoms with Crippen LogP contribution < -0.4 is 9.47 Å². The van der Waals surface area contributed by atoms with Gasteiger partial charge in [-0.3, -0.25) is 10.1 Å². The Morgan fingerprint density at radius 1 is 1.12 bits per heavy atom. The van der Waals surface area contributed by atoms with E-state index >= 15 is 0 Å². The van der Waals surface area contributed by atoms with Crippen molar-refractivity contribution >= 4 is 35.2 Å². The van der Waals surface area contributed by atoms with E-state index in [1.165, 1.54) is 18.2 Å². The van der Waals surface area contributed by atoms with Gasteiger partial charge in [-0.15, -0.1) is 0 Å². The molecular formula is C25H19ClN2O6. The Kier molecular flexibility index (Phi) is 6.60.